The van der Waals surface area contributed by atoms with E-state index in [-0.39, 0.29) is 5.78 Å². The number of Topliss-reactive ketones (excluding diaryl/α,β-unsaturated/α-hetero) is 1. The van der Waals surface area contributed by atoms with Crippen LogP contribution in [0.5, 0.6) is 0 Å². The van der Waals surface area contributed by atoms with Crippen molar-refractivity contribution in [2.45, 2.75) is 11.8 Å². The number of nitrogens with zero attached hydrogens (tertiary/aromatic N) is 1. The van der Waals surface area contributed by atoms with Gasteiger partial charge in [0.2, 0.25) is 0 Å². The van der Waals surface area contributed by atoms with Crippen molar-refractivity contribution in [2.75, 3.05) is 12.4 Å². The fourth-order valence-corrected chi connectivity index (χ4v) is 1.57. The van der Waals surface area contributed by atoms with Gasteiger partial charge in [-0.15, -0.1) is 0 Å². The highest BCUT2D eigenvalue weighted by Gasteiger charge is 2.07. The van der Waals surface area contributed by atoms with Crippen LogP contribution < -0.4 is 5.32 Å². The first-order valence-electron chi connectivity index (χ1n) is 4.07. The number of carbonyl (C=O) groups excluding carboxylic acids is 1. The zero-order valence-electron chi connectivity index (χ0n) is 8.00. The maximum Gasteiger partial charge on any atom is 0.161 e. The van der Waals surface area contributed by atoms with E-state index in [9.17, 15) is 4.79 Å². The molecule has 0 fully saturated rings. The van der Waals surface area contributed by atoms with E-state index in [4.69, 9.17) is 5.26 Å². The molecule has 1 N–H and O–H groups in total. The molecule has 0 amide bonds. The number of benzene rings is 1. The second-order valence-corrected chi connectivity index (χ2v) is 3.57. The Morgan fingerprint density at radius 1 is 1.57 bits per heavy atom. The number of nitrogens with one attached hydrogen (secondary N) is 1. The van der Waals surface area contributed by atoms with Crippen molar-refractivity contribution >= 4 is 23.2 Å². The normalized spacial score (nSPS) is 9.21. The summed E-state index contributed by atoms with van der Waals surface area (Å²) in [7, 11) is 1.76. The molecule has 1 aromatic carbocycles. The molecule has 3 nitrogen and oxygen atoms in total. The van der Waals surface area contributed by atoms with Gasteiger partial charge in [-0.05, 0) is 36.9 Å². The summed E-state index contributed by atoms with van der Waals surface area (Å²) >= 11 is 1.05. The van der Waals surface area contributed by atoms with Crippen molar-refractivity contribution in [1.29, 1.82) is 5.26 Å². The van der Waals surface area contributed by atoms with E-state index < -0.39 is 0 Å². The third-order valence-corrected chi connectivity index (χ3v) is 2.38. The van der Waals surface area contributed by atoms with Gasteiger partial charge >= 0.3 is 0 Å². The largest absolute Gasteiger partial charge is 0.388 e. The lowest BCUT2D eigenvalue weighted by Crippen LogP contribution is -1.99. The predicted octanol–water partition coefficient (Wildman–Crippen LogP) is 2.50. The fraction of sp³-hybridized carbons (Fsp3) is 0.200. The van der Waals surface area contributed by atoms with Crippen LogP contribution in [0.1, 0.15) is 17.3 Å². The number of hydrogen-bond donors (Lipinski definition) is 1. The SMILES string of the molecule is CNc1ccc(SC#N)cc1C(C)=O. The maximum absolute atomic E-state index is 11.2. The number of nitriles is 1. The van der Waals surface area contributed by atoms with E-state index in [1.54, 1.807) is 19.2 Å². The average Bonchev–Trinajstić information content (AvgIpc) is 2.18. The molecule has 72 valence electrons. The van der Waals surface area contributed by atoms with E-state index in [2.05, 4.69) is 5.32 Å². The highest BCUT2D eigenvalue weighted by Crippen LogP contribution is 2.23. The van der Waals surface area contributed by atoms with Gasteiger partial charge in [0.15, 0.2) is 5.78 Å². The molecule has 0 atom stereocenters. The first-order chi connectivity index (χ1) is 6.69. The Balaban J connectivity index is 3.15. The minimum Gasteiger partial charge on any atom is -0.388 e. The molecule has 0 aliphatic carbocycles. The molecule has 1 aromatic rings. The Kier molecular flexibility index (Phi) is 3.55. The monoisotopic (exact) mass is 206 g/mol. The van der Waals surface area contributed by atoms with Crippen molar-refractivity contribution in [3.63, 3.8) is 0 Å². The molecular weight excluding hydrogens is 196 g/mol. The molecule has 0 aliphatic rings. The summed E-state index contributed by atoms with van der Waals surface area (Å²) < 4.78 is 0. The summed E-state index contributed by atoms with van der Waals surface area (Å²) in [5, 5.41) is 13.4. The van der Waals surface area contributed by atoms with Gasteiger partial charge in [-0.3, -0.25) is 4.79 Å². The Morgan fingerprint density at radius 2 is 2.29 bits per heavy atom. The maximum atomic E-state index is 11.2. The van der Waals surface area contributed by atoms with E-state index >= 15 is 0 Å². The summed E-state index contributed by atoms with van der Waals surface area (Å²) in [6.07, 6.45) is 0. The van der Waals surface area contributed by atoms with Crippen LogP contribution in [-0.4, -0.2) is 12.8 Å². The van der Waals surface area contributed by atoms with Crippen molar-refractivity contribution in [1.82, 2.24) is 0 Å². The zero-order chi connectivity index (χ0) is 10.6. The van der Waals surface area contributed by atoms with E-state index in [0.717, 1.165) is 22.3 Å². The Bertz CT molecular complexity index is 396. The lowest BCUT2D eigenvalue weighted by atomic mass is 10.1. The minimum atomic E-state index is -0.00487. The number of anilines is 1. The molecule has 0 saturated heterocycles. The van der Waals surface area contributed by atoms with E-state index in [1.807, 2.05) is 11.5 Å². The second kappa shape index (κ2) is 4.68. The predicted molar refractivity (Wildman–Crippen MR) is 57.5 cm³/mol. The van der Waals surface area contributed by atoms with Crippen LogP contribution in [0.3, 0.4) is 0 Å². The summed E-state index contributed by atoms with van der Waals surface area (Å²) in [4.78, 5) is 12.0. The van der Waals surface area contributed by atoms with E-state index in [1.165, 1.54) is 6.92 Å². The Hall–Kier alpha value is -1.47. The summed E-state index contributed by atoms with van der Waals surface area (Å²) in [6.45, 7) is 1.51. The highest BCUT2D eigenvalue weighted by molar-refractivity contribution is 8.03. The number of thiocyanates is 1. The number of carbonyl (C=O) groups is 1. The number of rotatable bonds is 3. The molecule has 0 unspecified atom stereocenters. The molecule has 0 bridgehead atoms. The summed E-state index contributed by atoms with van der Waals surface area (Å²) in [5.74, 6) is -0.00487. The van der Waals surface area contributed by atoms with Gasteiger partial charge in [0, 0.05) is 23.2 Å². The zero-order valence-corrected chi connectivity index (χ0v) is 8.81. The van der Waals surface area contributed by atoms with Gasteiger partial charge in [-0.1, -0.05) is 0 Å². The molecule has 0 spiro atoms. The molecule has 1 rings (SSSR count). The van der Waals surface area contributed by atoms with Crippen molar-refractivity contribution in [3.05, 3.63) is 23.8 Å². The molecule has 0 radical (unpaired) electrons. The molecule has 0 saturated carbocycles. The number of ketones is 1. The van der Waals surface area contributed by atoms with Crippen molar-refractivity contribution in [3.8, 4) is 5.40 Å². The van der Waals surface area contributed by atoms with Crippen molar-refractivity contribution in [2.24, 2.45) is 0 Å². The molecule has 14 heavy (non-hydrogen) atoms. The third-order valence-electron chi connectivity index (χ3n) is 1.80. The van der Waals surface area contributed by atoms with Crippen LogP contribution in [0, 0.1) is 10.7 Å². The van der Waals surface area contributed by atoms with E-state index in [0.29, 0.717) is 5.56 Å². The van der Waals surface area contributed by atoms with Gasteiger partial charge in [-0.25, -0.2) is 0 Å². The highest BCUT2D eigenvalue weighted by atomic mass is 32.2. The van der Waals surface area contributed by atoms with Gasteiger partial charge < -0.3 is 5.32 Å². The Labute approximate surface area is 87.1 Å². The van der Waals surface area contributed by atoms with Gasteiger partial charge in [0.25, 0.3) is 0 Å². The van der Waals surface area contributed by atoms with Crippen LogP contribution >= 0.6 is 11.8 Å². The van der Waals surface area contributed by atoms with Crippen LogP contribution in [0.15, 0.2) is 23.1 Å². The van der Waals surface area contributed by atoms with Crippen molar-refractivity contribution < 1.29 is 4.79 Å². The molecule has 4 heteroatoms. The van der Waals surface area contributed by atoms with Crippen LogP contribution in [-0.2, 0) is 0 Å². The lowest BCUT2D eigenvalue weighted by molar-refractivity contribution is 0.101. The van der Waals surface area contributed by atoms with Crippen LogP contribution in [0.4, 0.5) is 5.69 Å². The Morgan fingerprint density at radius 3 is 2.79 bits per heavy atom. The third kappa shape index (κ3) is 2.27. The smallest absolute Gasteiger partial charge is 0.161 e. The van der Waals surface area contributed by atoms with Gasteiger partial charge in [0.1, 0.15) is 5.40 Å². The summed E-state index contributed by atoms with van der Waals surface area (Å²) in [5.41, 5.74) is 1.41. The quantitative estimate of drug-likeness (QED) is 0.469. The fourth-order valence-electron chi connectivity index (χ4n) is 1.15. The van der Waals surface area contributed by atoms with Gasteiger partial charge in [-0.2, -0.15) is 5.26 Å². The van der Waals surface area contributed by atoms with Gasteiger partial charge in [0.05, 0.1) is 0 Å². The molecule has 0 aromatic heterocycles. The first kappa shape index (κ1) is 10.6. The second-order valence-electron chi connectivity index (χ2n) is 2.71. The summed E-state index contributed by atoms with van der Waals surface area (Å²) in [6, 6.07) is 5.34. The average molecular weight is 206 g/mol. The minimum absolute atomic E-state index is 0.00487. The standard InChI is InChI=1S/C10H10N2OS/c1-7(13)9-5-8(14-6-11)3-4-10(9)12-2/h3-5,12H,1-2H3. The number of thioether (sulfide) groups is 1. The lowest BCUT2D eigenvalue weighted by Gasteiger charge is -2.06. The van der Waals surface area contributed by atoms with Crippen LogP contribution in [0.2, 0.25) is 0 Å². The van der Waals surface area contributed by atoms with Crippen LogP contribution in [0.25, 0.3) is 0 Å². The molecule has 0 aliphatic heterocycles. The number of hydrogen-bond acceptors (Lipinski definition) is 4. The molecular formula is C10H10N2OS. The first-order valence-corrected chi connectivity index (χ1v) is 4.89. The molecule has 0 heterocycles. The topological polar surface area (TPSA) is 52.9 Å².